The SMILES string of the molecule is CCOC(=O)N=S(C)(=O)c1ccc(Nc2ncc(-c3ccc[nH]3)c(NCCC(N)C(=O)O)n2)cc1. The zero-order chi connectivity index (χ0) is 25.4. The molecule has 2 atom stereocenters. The number of anilines is 3. The lowest BCUT2D eigenvalue weighted by molar-refractivity contribution is -0.138. The number of aromatic amines is 1. The molecule has 1 aromatic carbocycles. The molecule has 0 saturated heterocycles. The second kappa shape index (κ2) is 11.4. The van der Waals surface area contributed by atoms with Crippen LogP contribution in [0.25, 0.3) is 11.3 Å². The number of aromatic nitrogens is 3. The van der Waals surface area contributed by atoms with Crippen molar-refractivity contribution in [2.24, 2.45) is 10.1 Å². The molecule has 0 radical (unpaired) electrons. The first-order chi connectivity index (χ1) is 16.7. The summed E-state index contributed by atoms with van der Waals surface area (Å²) in [6.07, 6.45) is 4.10. The summed E-state index contributed by atoms with van der Waals surface area (Å²) in [5.74, 6) is -0.300. The molecule has 0 aliphatic heterocycles. The molecule has 186 valence electrons. The number of aliphatic carboxylic acids is 1. The Bertz CT molecular complexity index is 1290. The average molecular weight is 502 g/mol. The monoisotopic (exact) mass is 501 g/mol. The van der Waals surface area contributed by atoms with Crippen LogP contribution in [-0.2, 0) is 19.3 Å². The third kappa shape index (κ3) is 7.01. The second-order valence-corrected chi connectivity index (χ2v) is 9.70. The fourth-order valence-electron chi connectivity index (χ4n) is 3.01. The van der Waals surface area contributed by atoms with E-state index in [1.165, 1.54) is 6.26 Å². The van der Waals surface area contributed by atoms with Gasteiger partial charge in [0.15, 0.2) is 0 Å². The Morgan fingerprint density at radius 2 is 2.03 bits per heavy atom. The number of benzene rings is 1. The number of carboxylic acids is 1. The third-order valence-electron chi connectivity index (χ3n) is 4.81. The van der Waals surface area contributed by atoms with Crippen molar-refractivity contribution in [3.05, 3.63) is 48.8 Å². The van der Waals surface area contributed by atoms with Crippen LogP contribution >= 0.6 is 0 Å². The van der Waals surface area contributed by atoms with Gasteiger partial charge in [0.25, 0.3) is 0 Å². The minimum Gasteiger partial charge on any atom is -0.480 e. The Balaban J connectivity index is 1.79. The number of nitrogens with zero attached hydrogens (tertiary/aromatic N) is 3. The Hall–Kier alpha value is -3.97. The molecule has 1 amide bonds. The molecule has 3 aromatic rings. The number of hydrogen-bond acceptors (Lipinski definition) is 9. The Labute approximate surface area is 202 Å². The van der Waals surface area contributed by atoms with E-state index < -0.39 is 27.8 Å². The first-order valence-corrected chi connectivity index (χ1v) is 12.6. The van der Waals surface area contributed by atoms with Crippen molar-refractivity contribution in [2.45, 2.75) is 24.3 Å². The molecule has 3 rings (SSSR count). The molecule has 0 bridgehead atoms. The van der Waals surface area contributed by atoms with E-state index >= 15 is 0 Å². The summed E-state index contributed by atoms with van der Waals surface area (Å²) in [6.45, 7) is 2.08. The van der Waals surface area contributed by atoms with Gasteiger partial charge >= 0.3 is 12.1 Å². The molecule has 2 heterocycles. The van der Waals surface area contributed by atoms with Crippen LogP contribution in [0.15, 0.2) is 58.1 Å². The summed E-state index contributed by atoms with van der Waals surface area (Å²) in [6, 6.07) is 9.23. The van der Waals surface area contributed by atoms with Gasteiger partial charge in [-0.1, -0.05) is 0 Å². The van der Waals surface area contributed by atoms with E-state index in [1.54, 1.807) is 43.6 Å². The normalized spacial score (nSPS) is 13.3. The number of ether oxygens (including phenoxy) is 1. The topological polar surface area (TPSA) is 185 Å². The fourth-order valence-corrected chi connectivity index (χ4v) is 4.09. The van der Waals surface area contributed by atoms with E-state index in [4.69, 9.17) is 15.6 Å². The van der Waals surface area contributed by atoms with E-state index in [9.17, 15) is 13.8 Å². The summed E-state index contributed by atoms with van der Waals surface area (Å²) < 4.78 is 21.1. The summed E-state index contributed by atoms with van der Waals surface area (Å²) in [7, 11) is -2.96. The van der Waals surface area contributed by atoms with Gasteiger partial charge in [-0.05, 0) is 49.7 Å². The van der Waals surface area contributed by atoms with E-state index in [0.29, 0.717) is 28.5 Å². The summed E-state index contributed by atoms with van der Waals surface area (Å²) in [5.41, 5.74) is 7.69. The Morgan fingerprint density at radius 1 is 1.29 bits per heavy atom. The van der Waals surface area contributed by atoms with Crippen molar-refractivity contribution in [3.8, 4) is 11.3 Å². The molecule has 0 spiro atoms. The predicted molar refractivity (Wildman–Crippen MR) is 132 cm³/mol. The number of rotatable bonds is 10. The lowest BCUT2D eigenvalue weighted by Gasteiger charge is -2.14. The van der Waals surface area contributed by atoms with Gasteiger partial charge in [0.05, 0.1) is 27.6 Å². The highest BCUT2D eigenvalue weighted by Gasteiger charge is 2.14. The molecule has 0 fully saturated rings. The standard InChI is InChI=1S/C22H27N7O5S/c1-3-34-22(32)29-35(2,33)15-8-6-14(7-9-15)27-21-26-13-16(18-5-4-11-24-18)19(28-21)25-12-10-17(23)20(30)31/h4-9,11,13,17,24H,3,10,12,23H2,1-2H3,(H,30,31)(H2,25,26,27,28). The minimum absolute atomic E-state index is 0.145. The van der Waals surface area contributed by atoms with Crippen LogP contribution in [0.5, 0.6) is 0 Å². The first-order valence-electron chi connectivity index (χ1n) is 10.7. The van der Waals surface area contributed by atoms with E-state index in [0.717, 1.165) is 5.69 Å². The fraction of sp³-hybridized carbons (Fsp3) is 0.273. The number of nitrogens with one attached hydrogen (secondary N) is 3. The van der Waals surface area contributed by atoms with E-state index in [2.05, 4.69) is 29.9 Å². The minimum atomic E-state index is -2.96. The molecule has 0 aliphatic carbocycles. The smallest absolute Gasteiger partial charge is 0.442 e. The maximum Gasteiger partial charge on any atom is 0.442 e. The van der Waals surface area contributed by atoms with Crippen molar-refractivity contribution >= 4 is 39.2 Å². The van der Waals surface area contributed by atoms with Gasteiger partial charge in [-0.3, -0.25) is 4.79 Å². The van der Waals surface area contributed by atoms with Crippen molar-refractivity contribution in [1.82, 2.24) is 15.0 Å². The molecule has 2 unspecified atom stereocenters. The van der Waals surface area contributed by atoms with Crippen molar-refractivity contribution < 1.29 is 23.6 Å². The maximum atomic E-state index is 12.8. The van der Waals surface area contributed by atoms with Gasteiger partial charge in [-0.15, -0.1) is 4.36 Å². The van der Waals surface area contributed by atoms with Gasteiger partial charge in [0, 0.05) is 35.8 Å². The molecular formula is C22H27N7O5S. The Kier molecular flexibility index (Phi) is 8.39. The molecule has 2 aromatic heterocycles. The average Bonchev–Trinajstić information content (AvgIpc) is 3.34. The maximum absolute atomic E-state index is 12.8. The van der Waals surface area contributed by atoms with Gasteiger partial charge in [0.1, 0.15) is 11.9 Å². The van der Waals surface area contributed by atoms with Crippen LogP contribution in [-0.4, -0.2) is 61.8 Å². The number of carboxylic acid groups (broad SMARTS) is 1. The van der Waals surface area contributed by atoms with Crippen LogP contribution in [0.3, 0.4) is 0 Å². The molecule has 6 N–H and O–H groups in total. The van der Waals surface area contributed by atoms with Crippen molar-refractivity contribution in [1.29, 1.82) is 0 Å². The summed E-state index contributed by atoms with van der Waals surface area (Å²) in [5, 5.41) is 15.2. The summed E-state index contributed by atoms with van der Waals surface area (Å²) >= 11 is 0. The number of nitrogens with two attached hydrogens (primary N) is 1. The Morgan fingerprint density at radius 3 is 2.66 bits per heavy atom. The van der Waals surface area contributed by atoms with Crippen LogP contribution in [0.1, 0.15) is 13.3 Å². The van der Waals surface area contributed by atoms with Crippen LogP contribution in [0.4, 0.5) is 22.2 Å². The number of H-pyrrole nitrogens is 1. The summed E-state index contributed by atoms with van der Waals surface area (Å²) in [4.78, 5) is 34.9. The second-order valence-electron chi connectivity index (χ2n) is 7.44. The lowest BCUT2D eigenvalue weighted by Crippen LogP contribution is -2.32. The van der Waals surface area contributed by atoms with Gasteiger partial charge in [-0.2, -0.15) is 4.98 Å². The zero-order valence-electron chi connectivity index (χ0n) is 19.2. The molecule has 13 heteroatoms. The molecular weight excluding hydrogens is 474 g/mol. The third-order valence-corrected chi connectivity index (χ3v) is 6.45. The largest absolute Gasteiger partial charge is 0.480 e. The molecule has 0 aliphatic rings. The number of carbonyl (C=O) groups is 2. The van der Waals surface area contributed by atoms with Crippen molar-refractivity contribution in [2.75, 3.05) is 30.0 Å². The zero-order valence-corrected chi connectivity index (χ0v) is 20.0. The van der Waals surface area contributed by atoms with E-state index in [-0.39, 0.29) is 19.0 Å². The number of carbonyl (C=O) groups excluding carboxylic acids is 1. The van der Waals surface area contributed by atoms with Gasteiger partial charge in [0.2, 0.25) is 5.95 Å². The molecule has 0 saturated carbocycles. The van der Waals surface area contributed by atoms with Gasteiger partial charge < -0.3 is 31.2 Å². The van der Waals surface area contributed by atoms with Gasteiger partial charge in [-0.25, -0.2) is 14.0 Å². The van der Waals surface area contributed by atoms with Crippen LogP contribution in [0.2, 0.25) is 0 Å². The van der Waals surface area contributed by atoms with Crippen LogP contribution < -0.4 is 16.4 Å². The molecule has 35 heavy (non-hydrogen) atoms. The van der Waals surface area contributed by atoms with Crippen molar-refractivity contribution in [3.63, 3.8) is 0 Å². The van der Waals surface area contributed by atoms with Crippen LogP contribution in [0, 0.1) is 0 Å². The highest BCUT2D eigenvalue weighted by atomic mass is 32.2. The lowest BCUT2D eigenvalue weighted by atomic mass is 10.2. The number of hydrogen-bond donors (Lipinski definition) is 5. The molecule has 12 nitrogen and oxygen atoms in total. The quantitative estimate of drug-likeness (QED) is 0.276. The predicted octanol–water partition coefficient (Wildman–Crippen LogP) is 3.04. The van der Waals surface area contributed by atoms with E-state index in [1.807, 2.05) is 12.1 Å². The highest BCUT2D eigenvalue weighted by Crippen LogP contribution is 2.26. The first kappa shape index (κ1) is 25.6. The number of amides is 1. The highest BCUT2D eigenvalue weighted by molar-refractivity contribution is 7.93.